The van der Waals surface area contributed by atoms with Crippen LogP contribution < -0.4 is 5.73 Å². The summed E-state index contributed by atoms with van der Waals surface area (Å²) in [6, 6.07) is 0.0404. The molecule has 0 aliphatic rings. The highest BCUT2D eigenvalue weighted by molar-refractivity contribution is 4.88. The molecule has 3 heteroatoms. The molecule has 0 bridgehead atoms. The fourth-order valence-electron chi connectivity index (χ4n) is 1.82. The van der Waals surface area contributed by atoms with Gasteiger partial charge in [0.25, 0.3) is 0 Å². The first-order valence-corrected chi connectivity index (χ1v) is 5.76. The second-order valence-electron chi connectivity index (χ2n) is 5.98. The fourth-order valence-corrected chi connectivity index (χ4v) is 1.82. The highest BCUT2D eigenvalue weighted by Crippen LogP contribution is 2.22. The average Bonchev–Trinajstić information content (AvgIpc) is 2.01. The Hall–Kier alpha value is -0.120. The third kappa shape index (κ3) is 4.96. The van der Waals surface area contributed by atoms with Crippen LogP contribution in [0.1, 0.15) is 34.6 Å². The molecule has 2 unspecified atom stereocenters. The van der Waals surface area contributed by atoms with Crippen LogP contribution in [0.3, 0.4) is 0 Å². The maximum atomic E-state index is 9.42. The molecule has 0 rings (SSSR count). The maximum Gasteiger partial charge on any atom is 0.0602 e. The van der Waals surface area contributed by atoms with Crippen molar-refractivity contribution in [1.29, 1.82) is 0 Å². The summed E-state index contributed by atoms with van der Waals surface area (Å²) < 4.78 is 0. The van der Waals surface area contributed by atoms with Crippen molar-refractivity contribution in [2.75, 3.05) is 20.2 Å². The van der Waals surface area contributed by atoms with Gasteiger partial charge in [-0.1, -0.05) is 34.6 Å². The lowest BCUT2D eigenvalue weighted by atomic mass is 9.82. The van der Waals surface area contributed by atoms with Crippen molar-refractivity contribution in [3.05, 3.63) is 0 Å². The third-order valence-corrected chi connectivity index (χ3v) is 2.82. The van der Waals surface area contributed by atoms with Crippen molar-refractivity contribution in [3.63, 3.8) is 0 Å². The second kappa shape index (κ2) is 5.83. The summed E-state index contributed by atoms with van der Waals surface area (Å²) in [5.41, 5.74) is 6.21. The molecule has 92 valence electrons. The quantitative estimate of drug-likeness (QED) is 0.728. The number of hydrogen-bond acceptors (Lipinski definition) is 3. The van der Waals surface area contributed by atoms with Gasteiger partial charge in [0.15, 0.2) is 0 Å². The monoisotopic (exact) mass is 216 g/mol. The molecule has 0 aliphatic carbocycles. The van der Waals surface area contributed by atoms with Gasteiger partial charge in [-0.2, -0.15) is 0 Å². The summed E-state index contributed by atoms with van der Waals surface area (Å²) in [5.74, 6) is 0.594. The molecule has 3 nitrogen and oxygen atoms in total. The van der Waals surface area contributed by atoms with Crippen molar-refractivity contribution in [3.8, 4) is 0 Å². The van der Waals surface area contributed by atoms with Gasteiger partial charge in [-0.05, 0) is 18.4 Å². The normalized spacial score (nSPS) is 17.2. The number of hydrogen-bond donors (Lipinski definition) is 2. The van der Waals surface area contributed by atoms with E-state index in [0.717, 1.165) is 6.54 Å². The van der Waals surface area contributed by atoms with Gasteiger partial charge >= 0.3 is 0 Å². The molecule has 15 heavy (non-hydrogen) atoms. The number of nitrogens with zero attached hydrogens (tertiary/aromatic N) is 1. The van der Waals surface area contributed by atoms with Crippen molar-refractivity contribution >= 4 is 0 Å². The Morgan fingerprint density at radius 2 is 1.73 bits per heavy atom. The molecule has 0 aromatic carbocycles. The number of nitrogens with two attached hydrogens (primary N) is 1. The first-order valence-electron chi connectivity index (χ1n) is 5.76. The summed E-state index contributed by atoms with van der Waals surface area (Å²) >= 11 is 0. The van der Waals surface area contributed by atoms with Gasteiger partial charge < -0.3 is 10.8 Å². The minimum Gasteiger partial charge on any atom is -0.395 e. The van der Waals surface area contributed by atoms with Crippen LogP contribution >= 0.6 is 0 Å². The van der Waals surface area contributed by atoms with Gasteiger partial charge in [0.1, 0.15) is 0 Å². The Labute approximate surface area is 94.6 Å². The molecule has 0 aliphatic heterocycles. The smallest absolute Gasteiger partial charge is 0.0602 e. The Morgan fingerprint density at radius 1 is 1.27 bits per heavy atom. The first kappa shape index (κ1) is 14.9. The van der Waals surface area contributed by atoms with Crippen molar-refractivity contribution in [2.24, 2.45) is 17.1 Å². The molecule has 0 radical (unpaired) electrons. The fraction of sp³-hybridized carbons (Fsp3) is 1.00. The van der Waals surface area contributed by atoms with E-state index in [0.29, 0.717) is 5.92 Å². The summed E-state index contributed by atoms with van der Waals surface area (Å²) in [4.78, 5) is 2.17. The molecular weight excluding hydrogens is 188 g/mol. The lowest BCUT2D eigenvalue weighted by Crippen LogP contribution is -2.55. The van der Waals surface area contributed by atoms with Gasteiger partial charge in [-0.25, -0.2) is 0 Å². The van der Waals surface area contributed by atoms with E-state index >= 15 is 0 Å². The SMILES string of the molecule is CC(C)CN(C)C(CO)C(N)C(C)(C)C. The zero-order valence-corrected chi connectivity index (χ0v) is 11.1. The topological polar surface area (TPSA) is 49.5 Å². The molecule has 0 saturated heterocycles. The van der Waals surface area contributed by atoms with E-state index in [1.165, 1.54) is 0 Å². The van der Waals surface area contributed by atoms with E-state index in [-0.39, 0.29) is 24.1 Å². The van der Waals surface area contributed by atoms with Crippen LogP contribution in [0.2, 0.25) is 0 Å². The predicted octanol–water partition coefficient (Wildman–Crippen LogP) is 1.31. The number of aliphatic hydroxyl groups is 1. The van der Waals surface area contributed by atoms with Crippen LogP contribution in [0, 0.1) is 11.3 Å². The van der Waals surface area contributed by atoms with Crippen LogP contribution in [0.5, 0.6) is 0 Å². The van der Waals surface area contributed by atoms with Crippen molar-refractivity contribution in [1.82, 2.24) is 4.90 Å². The van der Waals surface area contributed by atoms with E-state index in [1.807, 2.05) is 7.05 Å². The molecule has 0 heterocycles. The van der Waals surface area contributed by atoms with E-state index < -0.39 is 0 Å². The lowest BCUT2D eigenvalue weighted by Gasteiger charge is -2.39. The zero-order valence-electron chi connectivity index (χ0n) is 11.1. The second-order valence-corrected chi connectivity index (χ2v) is 5.98. The van der Waals surface area contributed by atoms with Gasteiger partial charge in [-0.15, -0.1) is 0 Å². The minimum absolute atomic E-state index is 0.00810. The molecular formula is C12H28N2O. The van der Waals surface area contributed by atoms with E-state index in [4.69, 9.17) is 5.73 Å². The molecule has 3 N–H and O–H groups in total. The summed E-state index contributed by atoms with van der Waals surface area (Å²) in [6.07, 6.45) is 0. The molecule has 0 amide bonds. The van der Waals surface area contributed by atoms with Crippen LogP contribution in [0.15, 0.2) is 0 Å². The van der Waals surface area contributed by atoms with Gasteiger partial charge in [0.2, 0.25) is 0 Å². The van der Waals surface area contributed by atoms with Crippen LogP contribution in [-0.2, 0) is 0 Å². The van der Waals surface area contributed by atoms with E-state index in [2.05, 4.69) is 39.5 Å². The lowest BCUT2D eigenvalue weighted by molar-refractivity contribution is 0.0815. The highest BCUT2D eigenvalue weighted by Gasteiger charge is 2.31. The summed E-state index contributed by atoms with van der Waals surface area (Å²) in [5, 5.41) is 9.42. The number of rotatable bonds is 5. The van der Waals surface area contributed by atoms with Crippen LogP contribution in [0.4, 0.5) is 0 Å². The zero-order chi connectivity index (χ0) is 12.2. The first-order chi connectivity index (χ1) is 6.70. The number of likely N-dealkylation sites (N-methyl/N-ethyl adjacent to an activating group) is 1. The summed E-state index contributed by atoms with van der Waals surface area (Å²) in [7, 11) is 2.03. The highest BCUT2D eigenvalue weighted by atomic mass is 16.3. The maximum absolute atomic E-state index is 9.42. The van der Waals surface area contributed by atoms with Crippen molar-refractivity contribution < 1.29 is 5.11 Å². The van der Waals surface area contributed by atoms with Gasteiger partial charge in [0, 0.05) is 18.6 Å². The van der Waals surface area contributed by atoms with Crippen molar-refractivity contribution in [2.45, 2.75) is 46.7 Å². The molecule has 0 aromatic rings. The Bertz CT molecular complexity index is 175. The predicted molar refractivity (Wildman–Crippen MR) is 65.8 cm³/mol. The third-order valence-electron chi connectivity index (χ3n) is 2.82. The largest absolute Gasteiger partial charge is 0.395 e. The standard InChI is InChI=1S/C12H28N2O/c1-9(2)7-14(6)10(8-15)11(13)12(3,4)5/h9-11,15H,7-8,13H2,1-6H3. The number of aliphatic hydroxyl groups excluding tert-OH is 1. The average molecular weight is 216 g/mol. The van der Waals surface area contributed by atoms with Gasteiger partial charge in [0.05, 0.1) is 6.61 Å². The van der Waals surface area contributed by atoms with Gasteiger partial charge in [-0.3, -0.25) is 4.90 Å². The molecule has 2 atom stereocenters. The molecule has 0 saturated carbocycles. The molecule has 0 aromatic heterocycles. The Balaban J connectivity index is 4.47. The minimum atomic E-state index is -0.00810. The van der Waals surface area contributed by atoms with E-state index in [1.54, 1.807) is 0 Å². The Morgan fingerprint density at radius 3 is 2.00 bits per heavy atom. The van der Waals surface area contributed by atoms with Crippen LogP contribution in [0.25, 0.3) is 0 Å². The summed E-state index contributed by atoms with van der Waals surface area (Å²) in [6.45, 7) is 11.8. The van der Waals surface area contributed by atoms with Crippen LogP contribution in [-0.4, -0.2) is 42.3 Å². The van der Waals surface area contributed by atoms with E-state index in [9.17, 15) is 5.11 Å². The molecule has 0 spiro atoms. The molecule has 0 fully saturated rings. The Kier molecular flexibility index (Phi) is 5.78.